The summed E-state index contributed by atoms with van der Waals surface area (Å²) in [4.78, 5) is 52.1. The molecule has 0 saturated heterocycles. The van der Waals surface area contributed by atoms with Gasteiger partial charge in [-0.1, -0.05) is 54.6 Å². The minimum Gasteiger partial charge on any atom is -0.386 e. The largest absolute Gasteiger partial charge is 0.491 e. The number of rotatable bonds is 12. The van der Waals surface area contributed by atoms with Crippen LogP contribution in [0.25, 0.3) is 11.1 Å². The minimum absolute atomic E-state index is 0.0656. The van der Waals surface area contributed by atoms with Crippen molar-refractivity contribution in [1.82, 2.24) is 15.6 Å². The van der Waals surface area contributed by atoms with E-state index in [-0.39, 0.29) is 17.5 Å². The molecule has 3 rings (SSSR count). The average molecular weight is 575 g/mol. The third-order valence-corrected chi connectivity index (χ3v) is 5.63. The fraction of sp³-hybridized carbons (Fsp3) is 0.250. The Morgan fingerprint density at radius 1 is 0.902 bits per heavy atom. The summed E-state index contributed by atoms with van der Waals surface area (Å²) in [5.74, 6) is -5.90. The normalized spacial score (nSPS) is 11.7. The van der Waals surface area contributed by atoms with E-state index in [9.17, 15) is 32.3 Å². The molecule has 0 aliphatic carbocycles. The molecule has 216 valence electrons. The van der Waals surface area contributed by atoms with E-state index in [1.54, 1.807) is 54.7 Å². The van der Waals surface area contributed by atoms with Crippen molar-refractivity contribution in [2.45, 2.75) is 31.5 Å². The number of hydrogen-bond acceptors (Lipinski definition) is 7. The Morgan fingerprint density at radius 2 is 1.63 bits per heavy atom. The molecule has 0 bridgehead atoms. The highest BCUT2D eigenvalue weighted by Crippen LogP contribution is 2.30. The van der Waals surface area contributed by atoms with E-state index in [0.717, 1.165) is 0 Å². The monoisotopic (exact) mass is 574 g/mol. The number of benzene rings is 2. The van der Waals surface area contributed by atoms with Gasteiger partial charge in [0, 0.05) is 30.3 Å². The van der Waals surface area contributed by atoms with E-state index in [1.165, 1.54) is 18.2 Å². The number of nitrogens with zero attached hydrogens (tertiary/aromatic N) is 1. The van der Waals surface area contributed by atoms with Gasteiger partial charge in [-0.25, -0.2) is 14.2 Å². The smallest absolute Gasteiger partial charge is 0.386 e. The van der Waals surface area contributed by atoms with Gasteiger partial charge in [0.15, 0.2) is 0 Å². The summed E-state index contributed by atoms with van der Waals surface area (Å²) in [6.07, 6.45) is -4.32. The zero-order valence-electron chi connectivity index (χ0n) is 21.5. The van der Waals surface area contributed by atoms with Crippen LogP contribution in [-0.4, -0.2) is 48.0 Å². The van der Waals surface area contributed by atoms with Gasteiger partial charge in [0.2, 0.25) is 11.8 Å². The summed E-state index contributed by atoms with van der Waals surface area (Å²) in [6, 6.07) is 16.2. The van der Waals surface area contributed by atoms with Crippen LogP contribution in [-0.2, 0) is 23.9 Å². The molecular formula is C28H26F4N4O5. The molecule has 0 radical (unpaired) electrons. The van der Waals surface area contributed by atoms with Crippen molar-refractivity contribution in [3.63, 3.8) is 0 Å². The molecule has 1 aromatic heterocycles. The van der Waals surface area contributed by atoms with Crippen LogP contribution >= 0.6 is 0 Å². The molecule has 0 saturated carbocycles. The Hall–Kier alpha value is -4.81. The summed E-state index contributed by atoms with van der Waals surface area (Å²) < 4.78 is 57.0. The van der Waals surface area contributed by atoms with E-state index in [0.29, 0.717) is 24.3 Å². The standard InChI is InChI=1S/C28H26F4N4O5/c29-26-19(18-8-2-1-3-9-18)10-6-11-20(26)21(16-25(39)41-27(40)28(30,31)32)36-24(38)17-35-23(37)13-7-15-34-22-12-4-5-14-33-22/h1-6,8-12,14,21H,7,13,15-17H2,(H,33,34)(H,35,37)(H,36,38). The van der Waals surface area contributed by atoms with Crippen LogP contribution in [0.1, 0.15) is 30.9 Å². The van der Waals surface area contributed by atoms with Crippen LogP contribution in [0.3, 0.4) is 0 Å². The molecule has 1 atom stereocenters. The molecule has 9 nitrogen and oxygen atoms in total. The van der Waals surface area contributed by atoms with Crippen LogP contribution in [0.2, 0.25) is 0 Å². The highest BCUT2D eigenvalue weighted by atomic mass is 19.4. The molecule has 2 amide bonds. The number of esters is 2. The third-order valence-electron chi connectivity index (χ3n) is 5.63. The van der Waals surface area contributed by atoms with E-state index < -0.39 is 54.8 Å². The van der Waals surface area contributed by atoms with Gasteiger partial charge in [0.05, 0.1) is 19.0 Å². The first-order valence-corrected chi connectivity index (χ1v) is 12.4. The molecule has 0 aliphatic heterocycles. The van der Waals surface area contributed by atoms with E-state index in [1.807, 2.05) is 0 Å². The lowest BCUT2D eigenvalue weighted by molar-refractivity contribution is -0.202. The number of nitrogens with one attached hydrogen (secondary N) is 3. The third kappa shape index (κ3) is 9.71. The number of anilines is 1. The maximum absolute atomic E-state index is 15.5. The van der Waals surface area contributed by atoms with Gasteiger partial charge in [-0.15, -0.1) is 0 Å². The maximum Gasteiger partial charge on any atom is 0.491 e. The van der Waals surface area contributed by atoms with Crippen molar-refractivity contribution >= 4 is 29.6 Å². The molecule has 0 aliphatic rings. The second kappa shape index (κ2) is 14.5. The van der Waals surface area contributed by atoms with Crippen LogP contribution in [0.15, 0.2) is 72.9 Å². The molecule has 2 aromatic carbocycles. The number of carbonyl (C=O) groups is 4. The van der Waals surface area contributed by atoms with Crippen molar-refractivity contribution in [2.24, 2.45) is 0 Å². The summed E-state index contributed by atoms with van der Waals surface area (Å²) in [6.45, 7) is -0.117. The van der Waals surface area contributed by atoms with Crippen molar-refractivity contribution < 1.29 is 41.5 Å². The number of carbonyl (C=O) groups excluding carboxylic acids is 4. The van der Waals surface area contributed by atoms with Gasteiger partial charge >= 0.3 is 18.1 Å². The fourth-order valence-electron chi connectivity index (χ4n) is 3.71. The zero-order valence-corrected chi connectivity index (χ0v) is 21.5. The van der Waals surface area contributed by atoms with Crippen molar-refractivity contribution in [2.75, 3.05) is 18.4 Å². The Labute approximate surface area is 232 Å². The fourth-order valence-corrected chi connectivity index (χ4v) is 3.71. The number of hydrogen-bond donors (Lipinski definition) is 3. The predicted molar refractivity (Wildman–Crippen MR) is 139 cm³/mol. The number of amides is 2. The number of pyridine rings is 1. The summed E-state index contributed by atoms with van der Waals surface area (Å²) in [5.41, 5.74) is 0.342. The molecule has 3 N–H and O–H groups in total. The first kappa shape index (κ1) is 30.7. The Balaban J connectivity index is 1.65. The van der Waals surface area contributed by atoms with Crippen LogP contribution in [0.4, 0.5) is 23.4 Å². The Kier molecular flexibility index (Phi) is 10.9. The SMILES string of the molecule is O=C(CCCNc1ccccn1)NCC(=O)NC(CC(=O)OC(=O)C(F)(F)F)c1cccc(-c2ccccc2)c1F. The lowest BCUT2D eigenvalue weighted by atomic mass is 9.96. The summed E-state index contributed by atoms with van der Waals surface area (Å²) in [5, 5.41) is 7.75. The van der Waals surface area contributed by atoms with Crippen molar-refractivity contribution in [1.29, 1.82) is 0 Å². The van der Waals surface area contributed by atoms with Gasteiger partial charge in [-0.2, -0.15) is 13.2 Å². The Morgan fingerprint density at radius 3 is 2.32 bits per heavy atom. The number of ether oxygens (including phenoxy) is 1. The predicted octanol–water partition coefficient (Wildman–Crippen LogP) is 4.08. The van der Waals surface area contributed by atoms with E-state index >= 15 is 4.39 Å². The quantitative estimate of drug-likeness (QED) is 0.129. The lowest BCUT2D eigenvalue weighted by Crippen LogP contribution is -2.40. The zero-order chi connectivity index (χ0) is 29.8. The first-order valence-electron chi connectivity index (χ1n) is 12.4. The summed E-state index contributed by atoms with van der Waals surface area (Å²) >= 11 is 0. The van der Waals surface area contributed by atoms with Crippen LogP contribution in [0.5, 0.6) is 0 Å². The van der Waals surface area contributed by atoms with Gasteiger partial charge in [-0.05, 0) is 24.1 Å². The number of alkyl halides is 3. The maximum atomic E-state index is 15.5. The van der Waals surface area contributed by atoms with Gasteiger partial charge in [-0.3, -0.25) is 14.4 Å². The number of aromatic nitrogens is 1. The molecule has 0 fully saturated rings. The Bertz CT molecular complexity index is 1350. The summed E-state index contributed by atoms with van der Waals surface area (Å²) in [7, 11) is 0. The van der Waals surface area contributed by atoms with Crippen molar-refractivity contribution in [3.05, 3.63) is 84.3 Å². The van der Waals surface area contributed by atoms with Crippen LogP contribution in [0, 0.1) is 5.82 Å². The van der Waals surface area contributed by atoms with Gasteiger partial charge < -0.3 is 20.7 Å². The topological polar surface area (TPSA) is 126 Å². The molecule has 1 heterocycles. The second-order valence-corrected chi connectivity index (χ2v) is 8.68. The highest BCUT2D eigenvalue weighted by Gasteiger charge is 2.42. The molecule has 41 heavy (non-hydrogen) atoms. The first-order chi connectivity index (χ1) is 19.5. The van der Waals surface area contributed by atoms with Crippen LogP contribution < -0.4 is 16.0 Å². The van der Waals surface area contributed by atoms with Gasteiger partial charge in [0.1, 0.15) is 11.6 Å². The molecule has 0 spiro atoms. The van der Waals surface area contributed by atoms with Gasteiger partial charge in [0.25, 0.3) is 0 Å². The molecular weight excluding hydrogens is 548 g/mol. The molecule has 3 aromatic rings. The van der Waals surface area contributed by atoms with E-state index in [4.69, 9.17) is 0 Å². The van der Waals surface area contributed by atoms with E-state index in [2.05, 4.69) is 25.7 Å². The second-order valence-electron chi connectivity index (χ2n) is 8.68. The lowest BCUT2D eigenvalue weighted by Gasteiger charge is -2.20. The highest BCUT2D eigenvalue weighted by molar-refractivity contribution is 5.89. The minimum atomic E-state index is -5.43. The molecule has 1 unspecified atom stereocenters. The number of halogens is 4. The molecule has 13 heteroatoms. The average Bonchev–Trinajstić information content (AvgIpc) is 2.94. The van der Waals surface area contributed by atoms with Crippen molar-refractivity contribution in [3.8, 4) is 11.1 Å².